The minimum atomic E-state index is 0. The van der Waals surface area contributed by atoms with Crippen LogP contribution in [0.4, 0.5) is 0 Å². The van der Waals surface area contributed by atoms with E-state index in [1.807, 2.05) is 0 Å². The summed E-state index contributed by atoms with van der Waals surface area (Å²) in [6.07, 6.45) is 4.69. The molecule has 0 saturated carbocycles. The van der Waals surface area contributed by atoms with Crippen molar-refractivity contribution in [2.45, 2.75) is 26.7 Å². The minimum Gasteiger partial charge on any atom is -0.0651 e. The maximum Gasteiger partial charge on any atom is 0.187 e. The van der Waals surface area contributed by atoms with Crippen molar-refractivity contribution in [3.63, 3.8) is 0 Å². The summed E-state index contributed by atoms with van der Waals surface area (Å²) in [5, 5.41) is 0. The minimum absolute atomic E-state index is 0. The maximum absolute atomic E-state index is 2.25. The molecule has 1 radical (unpaired) electrons. The fourth-order valence-corrected chi connectivity index (χ4v) is 0.289. The second kappa shape index (κ2) is 9.11. The van der Waals surface area contributed by atoms with Gasteiger partial charge in [-0.3, -0.25) is 0 Å². The molecule has 0 amide bonds. The Morgan fingerprint density at radius 2 is 1.50 bits per heavy atom. The number of unbranched alkanes of at least 4 members (excludes halogenated alkanes) is 2. The molecule has 0 unspecified atom stereocenters. The van der Waals surface area contributed by atoms with Gasteiger partial charge in [-0.1, -0.05) is 26.7 Å². The molecule has 0 aliphatic heterocycles. The van der Waals surface area contributed by atoms with Crippen LogP contribution in [0.3, 0.4) is 0 Å². The summed E-state index contributed by atoms with van der Waals surface area (Å²) in [7, 11) is 0. The van der Waals surface area contributed by atoms with Gasteiger partial charge in [-0.2, -0.15) is 0 Å². The Kier molecular flexibility index (Phi) is 14.8. The zero-order valence-electron chi connectivity index (χ0n) is 3.99. The molecule has 0 saturated heterocycles. The summed E-state index contributed by atoms with van der Waals surface area (Å²) < 4.78 is 0. The van der Waals surface area contributed by atoms with Gasteiger partial charge in [-0.15, -0.1) is 0 Å². The predicted octanol–water partition coefficient (Wildman–Crippen LogP) is 0.827. The van der Waals surface area contributed by atoms with Crippen molar-refractivity contribution < 1.29 is 0 Å². The van der Waals surface area contributed by atoms with Gasteiger partial charge in [-0.05, 0) is 6.42 Å². The quantitative estimate of drug-likeness (QED) is 0.452. The van der Waals surface area contributed by atoms with E-state index in [0.29, 0.717) is 0 Å². The molecular weight excluding hydrogens is 87.0 g/mol. The van der Waals surface area contributed by atoms with Gasteiger partial charge in [0, 0.05) is 0 Å². The molecule has 0 spiro atoms. The van der Waals surface area contributed by atoms with Crippen molar-refractivity contribution >= 4 is 17.4 Å². The lowest BCUT2D eigenvalue weighted by Gasteiger charge is -1.78. The Balaban J connectivity index is 0. The van der Waals surface area contributed by atoms with E-state index >= 15 is 0 Å². The first kappa shape index (κ1) is 9.73. The van der Waals surface area contributed by atoms with Crippen molar-refractivity contribution in [1.82, 2.24) is 0 Å². The predicted molar refractivity (Wildman–Crippen MR) is 34.8 cm³/mol. The molecule has 0 nitrogen and oxygen atoms in total. The Bertz CT molecular complexity index is 11.4. The summed E-state index contributed by atoms with van der Waals surface area (Å²) in [6, 6.07) is 0. The highest BCUT2D eigenvalue weighted by Crippen LogP contribution is 1.86. The number of rotatable bonds is 2. The molecule has 0 bridgehead atoms. The maximum atomic E-state index is 2.25. The topological polar surface area (TPSA) is 0 Å². The Hall–Kier alpha value is 0.532. The molecule has 0 aromatic rings. The van der Waals surface area contributed by atoms with Crippen molar-refractivity contribution in [2.24, 2.45) is 0 Å². The van der Waals surface area contributed by atoms with Crippen LogP contribution in [0, 0.1) is 6.42 Å². The highest BCUT2D eigenvalue weighted by Gasteiger charge is 1.68. The SMILES string of the molecule is CC[CH]CC.[AlH3]. The van der Waals surface area contributed by atoms with Crippen LogP contribution in [0.1, 0.15) is 26.7 Å². The Morgan fingerprint density at radius 3 is 1.50 bits per heavy atom. The lowest BCUT2D eigenvalue weighted by Crippen LogP contribution is -1.61. The molecule has 0 rings (SSSR count). The van der Waals surface area contributed by atoms with E-state index < -0.39 is 0 Å². The Labute approximate surface area is 51.1 Å². The fraction of sp³-hybridized carbons (Fsp3) is 0.800. The van der Waals surface area contributed by atoms with E-state index in [-0.39, 0.29) is 17.4 Å². The van der Waals surface area contributed by atoms with Gasteiger partial charge in [-0.25, -0.2) is 0 Å². The molecule has 6 heavy (non-hydrogen) atoms. The molecular formula is C5H14Al. The first-order chi connectivity index (χ1) is 2.41. The van der Waals surface area contributed by atoms with Crippen LogP contribution < -0.4 is 0 Å². The molecule has 1 heteroatoms. The standard InChI is InChI=1S/C5H11.Al.3H/c1-3-5-4-2;;;;/h5H,3-4H2,1-2H3;;;;. The lowest BCUT2D eigenvalue weighted by atomic mass is 10.3. The third-order valence-electron chi connectivity index (χ3n) is 0.577. The van der Waals surface area contributed by atoms with Crippen molar-refractivity contribution in [3.05, 3.63) is 6.42 Å². The second-order valence-corrected chi connectivity index (χ2v) is 1.11. The van der Waals surface area contributed by atoms with Gasteiger partial charge in [0.1, 0.15) is 0 Å². The van der Waals surface area contributed by atoms with Gasteiger partial charge >= 0.3 is 0 Å². The van der Waals surface area contributed by atoms with Gasteiger partial charge in [0.2, 0.25) is 0 Å². The smallest absolute Gasteiger partial charge is 0.0651 e. The van der Waals surface area contributed by atoms with Gasteiger partial charge in [0.05, 0.1) is 0 Å². The fourth-order valence-electron chi connectivity index (χ4n) is 0.289. The summed E-state index contributed by atoms with van der Waals surface area (Å²) in [4.78, 5) is 0. The third-order valence-corrected chi connectivity index (χ3v) is 0.577. The van der Waals surface area contributed by atoms with Crippen molar-refractivity contribution in [2.75, 3.05) is 0 Å². The largest absolute Gasteiger partial charge is 0.187 e. The van der Waals surface area contributed by atoms with Gasteiger partial charge < -0.3 is 0 Å². The van der Waals surface area contributed by atoms with Crippen LogP contribution in [-0.2, 0) is 0 Å². The van der Waals surface area contributed by atoms with Gasteiger partial charge in [0.15, 0.2) is 17.4 Å². The zero-order valence-corrected chi connectivity index (χ0v) is 3.99. The summed E-state index contributed by atoms with van der Waals surface area (Å²) >= 11 is 0. The van der Waals surface area contributed by atoms with E-state index in [4.69, 9.17) is 0 Å². The van der Waals surface area contributed by atoms with Crippen LogP contribution in [-0.4, -0.2) is 17.4 Å². The van der Waals surface area contributed by atoms with E-state index in [0.717, 1.165) is 0 Å². The van der Waals surface area contributed by atoms with E-state index in [1.54, 1.807) is 0 Å². The normalized spacial score (nSPS) is 7.00. The van der Waals surface area contributed by atoms with Crippen LogP contribution in [0.25, 0.3) is 0 Å². The van der Waals surface area contributed by atoms with Crippen LogP contribution >= 0.6 is 0 Å². The molecule has 0 heterocycles. The number of hydrogen-bond acceptors (Lipinski definition) is 0. The lowest BCUT2D eigenvalue weighted by molar-refractivity contribution is 0.971. The third kappa shape index (κ3) is 8.82. The van der Waals surface area contributed by atoms with Gasteiger partial charge in [0.25, 0.3) is 0 Å². The average Bonchev–Trinajstić information content (AvgIpc) is 1.41. The summed E-state index contributed by atoms with van der Waals surface area (Å²) in [6.45, 7) is 4.31. The van der Waals surface area contributed by atoms with E-state index in [2.05, 4.69) is 20.3 Å². The number of hydrogen-bond donors (Lipinski definition) is 0. The highest BCUT2D eigenvalue weighted by molar-refractivity contribution is 5.75. The summed E-state index contributed by atoms with van der Waals surface area (Å²) in [5.41, 5.74) is 0. The van der Waals surface area contributed by atoms with Crippen molar-refractivity contribution in [1.29, 1.82) is 0 Å². The van der Waals surface area contributed by atoms with Crippen molar-refractivity contribution in [3.8, 4) is 0 Å². The van der Waals surface area contributed by atoms with Crippen LogP contribution in [0.5, 0.6) is 0 Å². The monoisotopic (exact) mass is 101 g/mol. The molecule has 0 N–H and O–H groups in total. The molecule has 0 atom stereocenters. The van der Waals surface area contributed by atoms with Crippen LogP contribution in [0.2, 0.25) is 0 Å². The molecule has 0 fully saturated rings. The zero-order chi connectivity index (χ0) is 4.12. The average molecular weight is 101 g/mol. The molecule has 37 valence electrons. The highest BCUT2D eigenvalue weighted by atomic mass is 27.0. The second-order valence-electron chi connectivity index (χ2n) is 1.11. The molecule has 0 aliphatic rings. The van der Waals surface area contributed by atoms with E-state index in [9.17, 15) is 0 Å². The first-order valence-electron chi connectivity index (χ1n) is 2.23. The molecule has 0 aliphatic carbocycles. The Morgan fingerprint density at radius 1 is 1.17 bits per heavy atom. The first-order valence-corrected chi connectivity index (χ1v) is 2.23. The van der Waals surface area contributed by atoms with E-state index in [1.165, 1.54) is 12.8 Å². The molecule has 0 aromatic heterocycles. The molecule has 0 aromatic carbocycles. The summed E-state index contributed by atoms with van der Waals surface area (Å²) in [5.74, 6) is 0. The van der Waals surface area contributed by atoms with Crippen LogP contribution in [0.15, 0.2) is 0 Å².